The number of hydrogen-bond donors (Lipinski definition) is 1. The van der Waals surface area contributed by atoms with E-state index in [1.165, 1.54) is 0 Å². The van der Waals surface area contributed by atoms with Crippen molar-refractivity contribution in [3.05, 3.63) is 129 Å². The van der Waals surface area contributed by atoms with Gasteiger partial charge in [0.2, 0.25) is 0 Å². The first-order valence-electron chi connectivity index (χ1n) is 12.6. The van der Waals surface area contributed by atoms with Crippen molar-refractivity contribution in [1.29, 1.82) is 0 Å². The van der Waals surface area contributed by atoms with E-state index in [2.05, 4.69) is 5.32 Å². The standard InChI is InChI=1S/C30H33N3O4/c34-29-27(36-23-25-11-3-1-4-12-25)15-7-19-32(29)21-9-17-31-18-10-22-33-20-8-16-28(30(33)35)37-24-26-13-5-2-6-14-26/h1-8,11-16,19-20,31H,9-10,17-18,21-24H2. The van der Waals surface area contributed by atoms with Gasteiger partial charge >= 0.3 is 0 Å². The summed E-state index contributed by atoms with van der Waals surface area (Å²) in [4.78, 5) is 25.3. The summed E-state index contributed by atoms with van der Waals surface area (Å²) in [5.41, 5.74) is 1.81. The van der Waals surface area contributed by atoms with Crippen LogP contribution < -0.4 is 25.9 Å². The lowest BCUT2D eigenvalue weighted by atomic mass is 10.2. The third-order valence-electron chi connectivity index (χ3n) is 5.95. The monoisotopic (exact) mass is 499 g/mol. The minimum Gasteiger partial charge on any atom is -0.483 e. The molecule has 0 fully saturated rings. The highest BCUT2D eigenvalue weighted by molar-refractivity contribution is 5.21. The Morgan fingerprint density at radius 1 is 0.568 bits per heavy atom. The number of aromatic nitrogens is 2. The highest BCUT2D eigenvalue weighted by Crippen LogP contribution is 2.08. The molecule has 0 aliphatic rings. The van der Waals surface area contributed by atoms with Crippen LogP contribution in [0.15, 0.2) is 107 Å². The van der Waals surface area contributed by atoms with Crippen LogP contribution in [0.4, 0.5) is 0 Å². The third-order valence-corrected chi connectivity index (χ3v) is 5.95. The van der Waals surface area contributed by atoms with Gasteiger partial charge in [-0.1, -0.05) is 60.7 Å². The summed E-state index contributed by atoms with van der Waals surface area (Å²) < 4.78 is 14.8. The van der Waals surface area contributed by atoms with Crippen LogP contribution in [0.25, 0.3) is 0 Å². The van der Waals surface area contributed by atoms with Crippen LogP contribution >= 0.6 is 0 Å². The Labute approximate surface area is 216 Å². The topological polar surface area (TPSA) is 74.5 Å². The van der Waals surface area contributed by atoms with Crippen molar-refractivity contribution in [2.45, 2.75) is 39.1 Å². The van der Waals surface area contributed by atoms with Gasteiger partial charge in [-0.25, -0.2) is 0 Å². The molecular formula is C30H33N3O4. The predicted octanol–water partition coefficient (Wildman–Crippen LogP) is 4.24. The van der Waals surface area contributed by atoms with Crippen LogP contribution in [0.2, 0.25) is 0 Å². The Morgan fingerprint density at radius 3 is 1.43 bits per heavy atom. The Bertz CT molecular complexity index is 1250. The van der Waals surface area contributed by atoms with Crippen molar-refractivity contribution in [3.63, 3.8) is 0 Å². The normalized spacial score (nSPS) is 10.8. The summed E-state index contributed by atoms with van der Waals surface area (Å²) in [7, 11) is 0. The van der Waals surface area contributed by atoms with Gasteiger partial charge in [0.05, 0.1) is 0 Å². The quantitative estimate of drug-likeness (QED) is 0.263. The Balaban J connectivity index is 1.16. The molecule has 7 nitrogen and oxygen atoms in total. The van der Waals surface area contributed by atoms with E-state index < -0.39 is 0 Å². The van der Waals surface area contributed by atoms with Crippen LogP contribution in [-0.2, 0) is 26.3 Å². The maximum Gasteiger partial charge on any atom is 0.292 e. The van der Waals surface area contributed by atoms with Gasteiger partial charge in [-0.15, -0.1) is 0 Å². The molecule has 0 atom stereocenters. The molecule has 0 unspecified atom stereocenters. The van der Waals surface area contributed by atoms with Gasteiger partial charge in [-0.05, 0) is 61.3 Å². The van der Waals surface area contributed by atoms with Crippen LogP contribution in [0.1, 0.15) is 24.0 Å². The van der Waals surface area contributed by atoms with Crippen LogP contribution in [-0.4, -0.2) is 22.2 Å². The van der Waals surface area contributed by atoms with E-state index in [4.69, 9.17) is 9.47 Å². The van der Waals surface area contributed by atoms with E-state index >= 15 is 0 Å². The minimum atomic E-state index is -0.118. The Hall–Kier alpha value is -4.10. The first-order chi connectivity index (χ1) is 18.2. The largest absolute Gasteiger partial charge is 0.483 e. The van der Waals surface area contributed by atoms with E-state index in [0.717, 1.165) is 37.1 Å². The van der Waals surface area contributed by atoms with Crippen molar-refractivity contribution in [3.8, 4) is 11.5 Å². The van der Waals surface area contributed by atoms with Gasteiger partial charge in [0, 0.05) is 25.5 Å². The van der Waals surface area contributed by atoms with Gasteiger partial charge in [0.15, 0.2) is 11.5 Å². The first kappa shape index (κ1) is 26.0. The average Bonchev–Trinajstić information content (AvgIpc) is 2.94. The van der Waals surface area contributed by atoms with Gasteiger partial charge in [-0.2, -0.15) is 0 Å². The van der Waals surface area contributed by atoms with Crippen molar-refractivity contribution >= 4 is 0 Å². The average molecular weight is 500 g/mol. The molecule has 1 N–H and O–H groups in total. The van der Waals surface area contributed by atoms with Gasteiger partial charge in [0.1, 0.15) is 13.2 Å². The minimum absolute atomic E-state index is 0.118. The van der Waals surface area contributed by atoms with Gasteiger partial charge < -0.3 is 23.9 Å². The van der Waals surface area contributed by atoms with Crippen molar-refractivity contribution in [2.75, 3.05) is 13.1 Å². The number of hydrogen-bond acceptors (Lipinski definition) is 5. The smallest absolute Gasteiger partial charge is 0.292 e. The van der Waals surface area contributed by atoms with E-state index in [1.807, 2.05) is 72.8 Å². The number of pyridine rings is 2. The summed E-state index contributed by atoms with van der Waals surface area (Å²) in [5.74, 6) is 0.722. The highest BCUT2D eigenvalue weighted by atomic mass is 16.5. The number of ether oxygens (including phenoxy) is 2. The second-order valence-corrected chi connectivity index (χ2v) is 8.75. The molecule has 2 heterocycles. The second-order valence-electron chi connectivity index (χ2n) is 8.75. The highest BCUT2D eigenvalue weighted by Gasteiger charge is 2.06. The maximum absolute atomic E-state index is 12.7. The fourth-order valence-corrected chi connectivity index (χ4v) is 3.95. The molecule has 0 saturated carbocycles. The summed E-state index contributed by atoms with van der Waals surface area (Å²) in [5, 5.41) is 3.39. The Kier molecular flexibility index (Phi) is 9.72. The van der Waals surface area contributed by atoms with Crippen LogP contribution in [0.3, 0.4) is 0 Å². The van der Waals surface area contributed by atoms with Crippen molar-refractivity contribution in [1.82, 2.24) is 14.5 Å². The summed E-state index contributed by atoms with van der Waals surface area (Å²) >= 11 is 0. The molecule has 2 aromatic carbocycles. The summed E-state index contributed by atoms with van der Waals surface area (Å²) in [6.07, 6.45) is 5.20. The maximum atomic E-state index is 12.7. The molecule has 0 aliphatic heterocycles. The fraction of sp³-hybridized carbons (Fsp3) is 0.267. The van der Waals surface area contributed by atoms with E-state index in [0.29, 0.717) is 37.8 Å². The van der Waals surface area contributed by atoms with E-state index in [1.54, 1.807) is 33.7 Å². The van der Waals surface area contributed by atoms with Crippen molar-refractivity contribution in [2.24, 2.45) is 0 Å². The molecular weight excluding hydrogens is 466 g/mol. The number of rotatable bonds is 14. The summed E-state index contributed by atoms with van der Waals surface area (Å²) in [6, 6.07) is 26.7. The van der Waals surface area contributed by atoms with Crippen LogP contribution in [0, 0.1) is 0 Å². The molecule has 4 aromatic rings. The molecule has 192 valence electrons. The molecule has 0 spiro atoms. The summed E-state index contributed by atoms with van der Waals surface area (Å²) in [6.45, 7) is 3.50. The second kappa shape index (κ2) is 13.8. The molecule has 0 amide bonds. The van der Waals surface area contributed by atoms with E-state index in [-0.39, 0.29) is 11.1 Å². The lowest BCUT2D eigenvalue weighted by Crippen LogP contribution is -2.26. The van der Waals surface area contributed by atoms with Gasteiger partial charge in [-0.3, -0.25) is 9.59 Å². The number of nitrogens with zero attached hydrogens (tertiary/aromatic N) is 2. The van der Waals surface area contributed by atoms with Crippen molar-refractivity contribution < 1.29 is 9.47 Å². The number of nitrogens with one attached hydrogen (secondary N) is 1. The molecule has 4 rings (SSSR count). The Morgan fingerprint density at radius 2 is 1.00 bits per heavy atom. The molecule has 7 heteroatoms. The molecule has 0 radical (unpaired) electrons. The lowest BCUT2D eigenvalue weighted by molar-refractivity contribution is 0.298. The van der Waals surface area contributed by atoms with E-state index in [9.17, 15) is 9.59 Å². The molecule has 0 saturated heterocycles. The fourth-order valence-electron chi connectivity index (χ4n) is 3.95. The molecule has 2 aromatic heterocycles. The number of aryl methyl sites for hydroxylation is 2. The number of benzene rings is 2. The zero-order valence-electron chi connectivity index (χ0n) is 20.9. The zero-order valence-corrected chi connectivity index (χ0v) is 20.9. The predicted molar refractivity (Wildman–Crippen MR) is 145 cm³/mol. The first-order valence-corrected chi connectivity index (χ1v) is 12.6. The molecule has 0 bridgehead atoms. The van der Waals surface area contributed by atoms with Crippen LogP contribution in [0.5, 0.6) is 11.5 Å². The van der Waals surface area contributed by atoms with Gasteiger partial charge in [0.25, 0.3) is 11.1 Å². The SMILES string of the molecule is O=c1c(OCc2ccccc2)cccn1CCCNCCCn1cccc(OCc2ccccc2)c1=O. The molecule has 0 aliphatic carbocycles. The lowest BCUT2D eigenvalue weighted by Gasteiger charge is -2.11. The third kappa shape index (κ3) is 7.95. The molecule has 37 heavy (non-hydrogen) atoms. The zero-order chi connectivity index (χ0) is 25.7.